The van der Waals surface area contributed by atoms with Crippen molar-refractivity contribution in [2.75, 3.05) is 11.9 Å². The van der Waals surface area contributed by atoms with Crippen LogP contribution in [0.25, 0.3) is 0 Å². The van der Waals surface area contributed by atoms with E-state index in [4.69, 9.17) is 0 Å². The van der Waals surface area contributed by atoms with E-state index in [0.29, 0.717) is 18.7 Å². The number of rotatable bonds is 7. The number of amides is 3. The van der Waals surface area contributed by atoms with Crippen molar-refractivity contribution in [3.8, 4) is 0 Å². The van der Waals surface area contributed by atoms with Gasteiger partial charge in [-0.2, -0.15) is 0 Å². The number of carbonyl (C=O) groups excluding carboxylic acids is 3. The summed E-state index contributed by atoms with van der Waals surface area (Å²) < 4.78 is 0. The zero-order valence-electron chi connectivity index (χ0n) is 18.2. The minimum atomic E-state index is -0.816. The third kappa shape index (κ3) is 6.28. The van der Waals surface area contributed by atoms with E-state index in [1.165, 1.54) is 0 Å². The Labute approximate surface area is 188 Å². The number of hydrogen-bond acceptors (Lipinski definition) is 3. The Bertz CT molecular complexity index is 1100. The number of anilines is 1. The highest BCUT2D eigenvalue weighted by atomic mass is 16.2. The molecule has 6 nitrogen and oxygen atoms in total. The van der Waals surface area contributed by atoms with Gasteiger partial charge in [-0.1, -0.05) is 79.2 Å². The van der Waals surface area contributed by atoms with Crippen molar-refractivity contribution in [3.05, 3.63) is 101 Å². The van der Waals surface area contributed by atoms with Crippen LogP contribution in [0.2, 0.25) is 0 Å². The van der Waals surface area contributed by atoms with E-state index in [0.717, 1.165) is 16.7 Å². The van der Waals surface area contributed by atoms with E-state index in [9.17, 15) is 14.4 Å². The van der Waals surface area contributed by atoms with Gasteiger partial charge in [0.05, 0.1) is 11.3 Å². The standard InChI is InChI=1S/C26H27N3O3/c1-18-9-8-10-20(15-18)17-28-24(30)22-13-6-7-14-23(22)29-26(32)25(31)27-16-19(2)21-11-4-3-5-12-21/h3-15,19H,16-17H2,1-2H3,(H,27,31)(H,28,30)(H,29,32)/t19-/m0/s1. The normalized spacial score (nSPS) is 11.3. The zero-order valence-corrected chi connectivity index (χ0v) is 18.2. The zero-order chi connectivity index (χ0) is 22.9. The second-order valence-electron chi connectivity index (χ2n) is 7.69. The van der Waals surface area contributed by atoms with Crippen molar-refractivity contribution < 1.29 is 14.4 Å². The molecule has 0 radical (unpaired) electrons. The van der Waals surface area contributed by atoms with E-state index >= 15 is 0 Å². The molecule has 0 saturated heterocycles. The number of hydrogen-bond donors (Lipinski definition) is 3. The predicted octanol–water partition coefficient (Wildman–Crippen LogP) is 3.78. The van der Waals surface area contributed by atoms with Gasteiger partial charge in [0.1, 0.15) is 0 Å². The summed E-state index contributed by atoms with van der Waals surface area (Å²) in [5.41, 5.74) is 3.73. The number of benzene rings is 3. The topological polar surface area (TPSA) is 87.3 Å². The van der Waals surface area contributed by atoms with Crippen molar-refractivity contribution in [2.45, 2.75) is 26.3 Å². The highest BCUT2D eigenvalue weighted by Gasteiger charge is 2.18. The second-order valence-corrected chi connectivity index (χ2v) is 7.69. The van der Waals surface area contributed by atoms with Crippen molar-refractivity contribution in [3.63, 3.8) is 0 Å². The Hall–Kier alpha value is -3.93. The third-order valence-corrected chi connectivity index (χ3v) is 5.10. The van der Waals surface area contributed by atoms with Crippen LogP contribution in [-0.2, 0) is 16.1 Å². The summed E-state index contributed by atoms with van der Waals surface area (Å²) in [6.07, 6.45) is 0. The number of carbonyl (C=O) groups is 3. The maximum Gasteiger partial charge on any atom is 0.313 e. The molecule has 0 heterocycles. The smallest absolute Gasteiger partial charge is 0.313 e. The summed E-state index contributed by atoms with van der Waals surface area (Å²) >= 11 is 0. The molecule has 0 aromatic heterocycles. The first-order chi connectivity index (χ1) is 15.4. The SMILES string of the molecule is Cc1cccc(CNC(=O)c2ccccc2NC(=O)C(=O)NC[C@H](C)c2ccccc2)c1. The molecule has 0 aliphatic heterocycles. The molecule has 0 aliphatic carbocycles. The lowest BCUT2D eigenvalue weighted by Crippen LogP contribution is -2.37. The monoisotopic (exact) mass is 429 g/mol. The predicted molar refractivity (Wildman–Crippen MR) is 125 cm³/mol. The average molecular weight is 430 g/mol. The third-order valence-electron chi connectivity index (χ3n) is 5.10. The quantitative estimate of drug-likeness (QED) is 0.500. The summed E-state index contributed by atoms with van der Waals surface area (Å²) in [7, 11) is 0. The second kappa shape index (κ2) is 10.9. The van der Waals surface area contributed by atoms with Gasteiger partial charge in [-0.15, -0.1) is 0 Å². The van der Waals surface area contributed by atoms with Crippen LogP contribution in [0, 0.1) is 6.92 Å². The van der Waals surface area contributed by atoms with Crippen LogP contribution in [0.4, 0.5) is 5.69 Å². The van der Waals surface area contributed by atoms with Crippen LogP contribution in [0.15, 0.2) is 78.9 Å². The van der Waals surface area contributed by atoms with Crippen LogP contribution >= 0.6 is 0 Å². The van der Waals surface area contributed by atoms with Gasteiger partial charge in [0.15, 0.2) is 0 Å². The first-order valence-corrected chi connectivity index (χ1v) is 10.5. The summed E-state index contributed by atoms with van der Waals surface area (Å²) in [4.78, 5) is 37.4. The van der Waals surface area contributed by atoms with E-state index < -0.39 is 11.8 Å². The van der Waals surface area contributed by atoms with Crippen LogP contribution in [0.5, 0.6) is 0 Å². The summed E-state index contributed by atoms with van der Waals surface area (Å²) in [5.74, 6) is -1.83. The minimum Gasteiger partial charge on any atom is -0.348 e. The molecule has 0 bridgehead atoms. The molecular weight excluding hydrogens is 402 g/mol. The highest BCUT2D eigenvalue weighted by molar-refractivity contribution is 6.40. The molecule has 0 unspecified atom stereocenters. The number of para-hydroxylation sites is 1. The molecule has 3 rings (SSSR count). The van der Waals surface area contributed by atoms with Gasteiger partial charge in [0, 0.05) is 13.1 Å². The van der Waals surface area contributed by atoms with E-state index in [-0.39, 0.29) is 17.5 Å². The van der Waals surface area contributed by atoms with Gasteiger partial charge in [-0.25, -0.2) is 0 Å². The van der Waals surface area contributed by atoms with E-state index in [1.54, 1.807) is 24.3 Å². The van der Waals surface area contributed by atoms with Gasteiger partial charge in [0.25, 0.3) is 5.91 Å². The Morgan fingerprint density at radius 1 is 0.812 bits per heavy atom. The van der Waals surface area contributed by atoms with E-state index in [2.05, 4.69) is 16.0 Å². The molecule has 3 aromatic rings. The van der Waals surface area contributed by atoms with Gasteiger partial charge in [-0.3, -0.25) is 14.4 Å². The summed E-state index contributed by atoms with van der Waals surface area (Å²) in [6, 6.07) is 24.2. The fourth-order valence-corrected chi connectivity index (χ4v) is 3.29. The number of aryl methyl sites for hydroxylation is 1. The van der Waals surface area contributed by atoms with Crippen LogP contribution in [0.1, 0.15) is 39.9 Å². The molecular formula is C26H27N3O3. The van der Waals surface area contributed by atoms with Gasteiger partial charge >= 0.3 is 11.8 Å². The number of nitrogens with one attached hydrogen (secondary N) is 3. The molecule has 3 aromatic carbocycles. The van der Waals surface area contributed by atoms with Crippen molar-refractivity contribution >= 4 is 23.4 Å². The van der Waals surface area contributed by atoms with Crippen molar-refractivity contribution in [2.24, 2.45) is 0 Å². The summed E-state index contributed by atoms with van der Waals surface area (Å²) in [5, 5.41) is 8.05. The van der Waals surface area contributed by atoms with Crippen molar-refractivity contribution in [1.29, 1.82) is 0 Å². The van der Waals surface area contributed by atoms with E-state index in [1.807, 2.05) is 68.4 Å². The largest absolute Gasteiger partial charge is 0.348 e. The first-order valence-electron chi connectivity index (χ1n) is 10.5. The van der Waals surface area contributed by atoms with Crippen LogP contribution in [0.3, 0.4) is 0 Å². The molecule has 32 heavy (non-hydrogen) atoms. The lowest BCUT2D eigenvalue weighted by molar-refractivity contribution is -0.136. The van der Waals surface area contributed by atoms with Gasteiger partial charge in [-0.05, 0) is 36.1 Å². The molecule has 0 saturated carbocycles. The van der Waals surface area contributed by atoms with Gasteiger partial charge in [0.2, 0.25) is 0 Å². The molecule has 0 fully saturated rings. The Balaban J connectivity index is 1.57. The fourth-order valence-electron chi connectivity index (χ4n) is 3.29. The molecule has 0 spiro atoms. The lowest BCUT2D eigenvalue weighted by atomic mass is 10.0. The van der Waals surface area contributed by atoms with Gasteiger partial charge < -0.3 is 16.0 Å². The van der Waals surface area contributed by atoms with Crippen LogP contribution < -0.4 is 16.0 Å². The molecule has 0 aliphatic rings. The maximum atomic E-state index is 12.7. The Morgan fingerprint density at radius 2 is 1.53 bits per heavy atom. The molecule has 6 heteroatoms. The molecule has 164 valence electrons. The summed E-state index contributed by atoms with van der Waals surface area (Å²) in [6.45, 7) is 4.65. The molecule has 3 N–H and O–H groups in total. The van der Waals surface area contributed by atoms with Crippen molar-refractivity contribution in [1.82, 2.24) is 10.6 Å². The Morgan fingerprint density at radius 3 is 2.28 bits per heavy atom. The first kappa shape index (κ1) is 22.7. The Kier molecular flexibility index (Phi) is 7.75. The fraction of sp³-hybridized carbons (Fsp3) is 0.192. The average Bonchev–Trinajstić information content (AvgIpc) is 2.81. The molecule has 1 atom stereocenters. The highest BCUT2D eigenvalue weighted by Crippen LogP contribution is 2.16. The minimum absolute atomic E-state index is 0.0626. The van der Waals surface area contributed by atoms with Crippen LogP contribution in [-0.4, -0.2) is 24.3 Å². The maximum absolute atomic E-state index is 12.7. The lowest BCUT2D eigenvalue weighted by Gasteiger charge is -2.14. The molecule has 3 amide bonds.